The summed E-state index contributed by atoms with van der Waals surface area (Å²) < 4.78 is 15.1. The fourth-order valence-corrected chi connectivity index (χ4v) is 9.19. The molecule has 304 valence electrons. The van der Waals surface area contributed by atoms with Crippen LogP contribution in [0, 0.1) is 0 Å². The van der Waals surface area contributed by atoms with Gasteiger partial charge in [-0.1, -0.05) is 164 Å². The van der Waals surface area contributed by atoms with E-state index in [-0.39, 0.29) is 0 Å². The molecule has 0 aliphatic heterocycles. The van der Waals surface area contributed by atoms with E-state index in [0.717, 1.165) is 111 Å². The predicted molar refractivity (Wildman–Crippen MR) is 262 cm³/mol. The SMILES string of the molecule is c1ccc(-c2nc(-c3ccc(-c4cccc5c4oc4ccccc45)cc3)nc(-c3cccc4oc5ccc(-c6ccc7c(c6)nc(-c6ccccc6)n7-c6ccccc6)cc5c34)n2)cc1. The highest BCUT2D eigenvalue weighted by atomic mass is 16.3. The summed E-state index contributed by atoms with van der Waals surface area (Å²) in [5, 5.41) is 4.12. The fraction of sp³-hybridized carbons (Fsp3) is 0. The normalized spacial score (nSPS) is 11.7. The standard InChI is InChI=1S/C58H35N5O2/c1-4-14-37(15-5-1)55-60-56(38-28-26-36(27-29-38)43-21-12-22-45-44-20-10-11-24-50(44)65-54(43)45)62-57(61-55)46-23-13-25-52-53(46)47-34-40(31-33-51(47)64-52)41-30-32-49-48(35-41)59-58(39-16-6-2-7-17-39)63(49)42-18-8-3-9-19-42/h1-35H. The Bertz CT molecular complexity index is 3930. The van der Waals surface area contributed by atoms with E-state index in [9.17, 15) is 0 Å². The van der Waals surface area contributed by atoms with E-state index in [0.29, 0.717) is 17.5 Å². The molecule has 7 heteroatoms. The van der Waals surface area contributed by atoms with Gasteiger partial charge in [-0.3, -0.25) is 4.57 Å². The molecule has 9 aromatic carbocycles. The first-order chi connectivity index (χ1) is 32.2. The molecule has 0 atom stereocenters. The van der Waals surface area contributed by atoms with Gasteiger partial charge in [0.15, 0.2) is 17.5 Å². The monoisotopic (exact) mass is 833 g/mol. The van der Waals surface area contributed by atoms with Crippen molar-refractivity contribution in [2.24, 2.45) is 0 Å². The summed E-state index contributed by atoms with van der Waals surface area (Å²) in [6.07, 6.45) is 0. The molecule has 7 nitrogen and oxygen atoms in total. The molecule has 0 amide bonds. The Morgan fingerprint density at radius 3 is 1.71 bits per heavy atom. The average Bonchev–Trinajstić information content (AvgIpc) is 4.08. The van der Waals surface area contributed by atoms with Crippen molar-refractivity contribution in [1.82, 2.24) is 24.5 Å². The molecule has 4 aromatic heterocycles. The van der Waals surface area contributed by atoms with Crippen LogP contribution in [0.25, 0.3) is 128 Å². The van der Waals surface area contributed by atoms with Gasteiger partial charge in [-0.25, -0.2) is 19.9 Å². The largest absolute Gasteiger partial charge is 0.456 e. The highest BCUT2D eigenvalue weighted by molar-refractivity contribution is 6.13. The summed E-state index contributed by atoms with van der Waals surface area (Å²) in [7, 11) is 0. The second-order valence-electron chi connectivity index (χ2n) is 16.2. The number of fused-ring (bicyclic) bond motifs is 7. The molecule has 0 radical (unpaired) electrons. The third-order valence-corrected chi connectivity index (χ3v) is 12.3. The first-order valence-electron chi connectivity index (χ1n) is 21.6. The minimum Gasteiger partial charge on any atom is -0.456 e. The lowest BCUT2D eigenvalue weighted by molar-refractivity contribution is 0.669. The van der Waals surface area contributed by atoms with Crippen LogP contribution in [0.15, 0.2) is 221 Å². The van der Waals surface area contributed by atoms with Crippen molar-refractivity contribution < 1.29 is 8.83 Å². The summed E-state index contributed by atoms with van der Waals surface area (Å²) in [6, 6.07) is 72.7. The Labute approximate surface area is 372 Å². The van der Waals surface area contributed by atoms with Crippen molar-refractivity contribution in [3.63, 3.8) is 0 Å². The molecular weight excluding hydrogens is 799 g/mol. The number of benzene rings is 9. The number of nitrogens with zero attached hydrogens (tertiary/aromatic N) is 5. The van der Waals surface area contributed by atoms with Crippen molar-refractivity contribution in [3.05, 3.63) is 212 Å². The van der Waals surface area contributed by atoms with E-state index < -0.39 is 0 Å². The highest BCUT2D eigenvalue weighted by Gasteiger charge is 2.20. The van der Waals surface area contributed by atoms with Gasteiger partial charge >= 0.3 is 0 Å². The van der Waals surface area contributed by atoms with E-state index in [2.05, 4.69) is 144 Å². The molecule has 0 saturated heterocycles. The first kappa shape index (κ1) is 36.7. The molecule has 13 rings (SSSR count). The molecule has 0 spiro atoms. The van der Waals surface area contributed by atoms with Crippen LogP contribution < -0.4 is 0 Å². The Morgan fingerprint density at radius 2 is 0.908 bits per heavy atom. The molecule has 0 unspecified atom stereocenters. The lowest BCUT2D eigenvalue weighted by Gasteiger charge is -2.10. The van der Waals surface area contributed by atoms with Crippen LogP contribution in [0.4, 0.5) is 0 Å². The van der Waals surface area contributed by atoms with Crippen molar-refractivity contribution >= 4 is 54.9 Å². The number of imidazole rings is 1. The van der Waals surface area contributed by atoms with Crippen LogP contribution in [0.5, 0.6) is 0 Å². The lowest BCUT2D eigenvalue weighted by Crippen LogP contribution is -2.00. The summed E-state index contributed by atoms with van der Waals surface area (Å²) in [6.45, 7) is 0. The molecule has 0 bridgehead atoms. The van der Waals surface area contributed by atoms with Gasteiger partial charge in [0, 0.05) is 55.0 Å². The maximum absolute atomic E-state index is 6.53. The second-order valence-corrected chi connectivity index (χ2v) is 16.2. The topological polar surface area (TPSA) is 82.8 Å². The summed E-state index contributed by atoms with van der Waals surface area (Å²) in [5.74, 6) is 2.62. The third kappa shape index (κ3) is 6.20. The smallest absolute Gasteiger partial charge is 0.164 e. The number of rotatable bonds is 7. The number of para-hydroxylation sites is 3. The van der Waals surface area contributed by atoms with Crippen LogP contribution in [0.2, 0.25) is 0 Å². The predicted octanol–water partition coefficient (Wildman–Crippen LogP) is 15.0. The molecule has 65 heavy (non-hydrogen) atoms. The van der Waals surface area contributed by atoms with Crippen molar-refractivity contribution in [2.75, 3.05) is 0 Å². The van der Waals surface area contributed by atoms with Gasteiger partial charge < -0.3 is 8.83 Å². The van der Waals surface area contributed by atoms with Crippen LogP contribution in [0.1, 0.15) is 0 Å². The Balaban J connectivity index is 0.928. The second kappa shape index (κ2) is 14.9. The van der Waals surface area contributed by atoms with Gasteiger partial charge in [0.2, 0.25) is 0 Å². The summed E-state index contributed by atoms with van der Waals surface area (Å²) in [5.41, 5.74) is 14.2. The summed E-state index contributed by atoms with van der Waals surface area (Å²) >= 11 is 0. The number of aromatic nitrogens is 5. The van der Waals surface area contributed by atoms with Gasteiger partial charge in [-0.05, 0) is 65.2 Å². The molecule has 0 N–H and O–H groups in total. The molecule has 0 aliphatic carbocycles. The molecular formula is C58H35N5O2. The van der Waals surface area contributed by atoms with Gasteiger partial charge in [0.1, 0.15) is 28.2 Å². The van der Waals surface area contributed by atoms with Gasteiger partial charge in [-0.15, -0.1) is 0 Å². The maximum atomic E-state index is 6.53. The van der Waals surface area contributed by atoms with Crippen LogP contribution >= 0.6 is 0 Å². The first-order valence-corrected chi connectivity index (χ1v) is 21.6. The zero-order valence-corrected chi connectivity index (χ0v) is 34.8. The van der Waals surface area contributed by atoms with Gasteiger partial charge in [-0.2, -0.15) is 0 Å². The third-order valence-electron chi connectivity index (χ3n) is 12.3. The number of hydrogen-bond donors (Lipinski definition) is 0. The van der Waals surface area contributed by atoms with E-state index in [1.807, 2.05) is 72.8 Å². The van der Waals surface area contributed by atoms with Crippen LogP contribution in [-0.4, -0.2) is 24.5 Å². The van der Waals surface area contributed by atoms with E-state index in [4.69, 9.17) is 28.8 Å². The highest BCUT2D eigenvalue weighted by Crippen LogP contribution is 2.40. The van der Waals surface area contributed by atoms with Crippen molar-refractivity contribution in [1.29, 1.82) is 0 Å². The molecule has 0 aliphatic rings. The molecule has 4 heterocycles. The molecule has 13 aromatic rings. The van der Waals surface area contributed by atoms with Crippen LogP contribution in [-0.2, 0) is 0 Å². The van der Waals surface area contributed by atoms with E-state index >= 15 is 0 Å². The number of hydrogen-bond acceptors (Lipinski definition) is 6. The minimum absolute atomic E-state index is 0.560. The van der Waals surface area contributed by atoms with Crippen molar-refractivity contribution in [3.8, 4) is 73.5 Å². The lowest BCUT2D eigenvalue weighted by atomic mass is 10.00. The minimum atomic E-state index is 0.560. The zero-order chi connectivity index (χ0) is 42.8. The Hall–Kier alpha value is -8.94. The molecule has 0 fully saturated rings. The fourth-order valence-electron chi connectivity index (χ4n) is 9.19. The van der Waals surface area contributed by atoms with Gasteiger partial charge in [0.25, 0.3) is 0 Å². The van der Waals surface area contributed by atoms with E-state index in [1.165, 1.54) is 0 Å². The molecule has 0 saturated carbocycles. The Morgan fingerprint density at radius 1 is 0.338 bits per heavy atom. The summed E-state index contributed by atoms with van der Waals surface area (Å²) in [4.78, 5) is 20.6. The van der Waals surface area contributed by atoms with Gasteiger partial charge in [0.05, 0.1) is 11.0 Å². The zero-order valence-electron chi connectivity index (χ0n) is 34.8. The maximum Gasteiger partial charge on any atom is 0.164 e. The van der Waals surface area contributed by atoms with Crippen molar-refractivity contribution in [2.45, 2.75) is 0 Å². The van der Waals surface area contributed by atoms with Crippen LogP contribution in [0.3, 0.4) is 0 Å². The Kier molecular flexibility index (Phi) is 8.39. The van der Waals surface area contributed by atoms with E-state index in [1.54, 1.807) is 0 Å². The average molecular weight is 834 g/mol. The number of furan rings is 2. The quantitative estimate of drug-likeness (QED) is 0.159.